The van der Waals surface area contributed by atoms with Gasteiger partial charge < -0.3 is 20.1 Å². The highest BCUT2D eigenvalue weighted by molar-refractivity contribution is 6.05. The van der Waals surface area contributed by atoms with Crippen molar-refractivity contribution < 1.29 is 14.6 Å². The Morgan fingerprint density at radius 2 is 1.90 bits per heavy atom. The molecule has 0 unspecified atom stereocenters. The molecule has 0 aromatic heterocycles. The van der Waals surface area contributed by atoms with E-state index in [2.05, 4.69) is 16.3 Å². The lowest BCUT2D eigenvalue weighted by Gasteiger charge is -2.32. The quantitative estimate of drug-likeness (QED) is 0.728. The normalized spacial score (nSPS) is 13.9. The van der Waals surface area contributed by atoms with Crippen LogP contribution in [0.5, 0.6) is 11.5 Å². The van der Waals surface area contributed by atoms with Crippen molar-refractivity contribution in [2.45, 2.75) is 34.6 Å². The Balaban J connectivity index is 0.000000757. The molecule has 2 N–H and O–H groups in total. The molecule has 2 aromatic rings. The molecule has 2 aliphatic heterocycles. The highest BCUT2D eigenvalue weighted by Crippen LogP contribution is 2.41. The summed E-state index contributed by atoms with van der Waals surface area (Å²) in [6.07, 6.45) is 0. The molecular formula is C24H29N3O3. The smallest absolute Gasteiger partial charge is 0.262 e. The first kappa shape index (κ1) is 22.8. The fraction of sp³-hybridized carbons (Fsp3) is 0.333. The highest BCUT2D eigenvalue weighted by Gasteiger charge is 2.26. The zero-order valence-electron chi connectivity index (χ0n) is 18.2. The highest BCUT2D eigenvalue weighted by atomic mass is 16.5. The summed E-state index contributed by atoms with van der Waals surface area (Å²) in [5.74, 6) is 0.612. The molecule has 30 heavy (non-hydrogen) atoms. The second kappa shape index (κ2) is 10.4. The molecule has 0 spiro atoms. The summed E-state index contributed by atoms with van der Waals surface area (Å²) in [5, 5.41) is 22.4. The zero-order chi connectivity index (χ0) is 22.3. The van der Waals surface area contributed by atoms with Crippen LogP contribution in [-0.4, -0.2) is 30.7 Å². The number of phenols is 1. The fourth-order valence-electron chi connectivity index (χ4n) is 3.43. The number of anilines is 2. The van der Waals surface area contributed by atoms with Gasteiger partial charge in [-0.1, -0.05) is 33.8 Å². The average Bonchev–Trinajstić information content (AvgIpc) is 2.80. The van der Waals surface area contributed by atoms with Gasteiger partial charge in [0.2, 0.25) is 0 Å². The number of likely N-dealkylation sites (N-methyl/N-ethyl adjacent to an activating group) is 1. The number of hydrogen-bond donors (Lipinski definition) is 2. The van der Waals surface area contributed by atoms with E-state index < -0.39 is 0 Å². The molecular weight excluding hydrogens is 378 g/mol. The van der Waals surface area contributed by atoms with Crippen molar-refractivity contribution >= 4 is 28.4 Å². The van der Waals surface area contributed by atoms with E-state index >= 15 is 0 Å². The number of allylic oxidation sites excluding steroid dienone is 1. The lowest BCUT2D eigenvalue weighted by molar-refractivity contribution is -0.118. The summed E-state index contributed by atoms with van der Waals surface area (Å²) in [7, 11) is 0. The Morgan fingerprint density at radius 3 is 2.57 bits per heavy atom. The Kier molecular flexibility index (Phi) is 7.88. The minimum atomic E-state index is -0.191. The molecule has 0 fully saturated rings. The number of phenolic OH excluding ortho intramolecular Hbond substituents is 1. The van der Waals surface area contributed by atoms with E-state index in [1.54, 1.807) is 18.2 Å². The van der Waals surface area contributed by atoms with Gasteiger partial charge in [-0.3, -0.25) is 4.79 Å². The molecule has 2 aliphatic rings. The number of aromatic hydroxyl groups is 1. The molecule has 1 amide bonds. The molecule has 2 heterocycles. The van der Waals surface area contributed by atoms with Gasteiger partial charge in [-0.2, -0.15) is 5.26 Å². The summed E-state index contributed by atoms with van der Waals surface area (Å²) in [4.78, 5) is 13.7. The summed E-state index contributed by atoms with van der Waals surface area (Å²) < 4.78 is 5.41. The first-order chi connectivity index (χ1) is 14.6. The maximum atomic E-state index is 11.6. The number of benzene rings is 2. The van der Waals surface area contributed by atoms with E-state index in [1.165, 1.54) is 0 Å². The number of hydrogen-bond acceptors (Lipinski definition) is 5. The Hall–Kier alpha value is -3.46. The zero-order valence-corrected chi connectivity index (χ0v) is 18.2. The van der Waals surface area contributed by atoms with E-state index in [0.29, 0.717) is 23.6 Å². The maximum absolute atomic E-state index is 11.6. The van der Waals surface area contributed by atoms with E-state index in [-0.39, 0.29) is 18.3 Å². The van der Waals surface area contributed by atoms with Crippen LogP contribution < -0.4 is 15.0 Å². The largest absolute Gasteiger partial charge is 0.508 e. The lowest BCUT2D eigenvalue weighted by Crippen LogP contribution is -2.29. The summed E-state index contributed by atoms with van der Waals surface area (Å²) >= 11 is 0. The van der Waals surface area contributed by atoms with Gasteiger partial charge in [0.25, 0.3) is 5.91 Å². The van der Waals surface area contributed by atoms with Crippen molar-refractivity contribution in [3.63, 3.8) is 0 Å². The van der Waals surface area contributed by atoms with Crippen LogP contribution in [0.15, 0.2) is 36.4 Å². The fourth-order valence-corrected chi connectivity index (χ4v) is 3.43. The van der Waals surface area contributed by atoms with Crippen LogP contribution in [0.3, 0.4) is 0 Å². The standard InChI is InChI=1S/C20H17N3O3.2C2H6/c1-2-23-10-16(15(9-21)14-5-4-13(24)8-18(14)23)12-3-6-19-17(7-12)22-20(25)11-26-19;2*1-2/h3-8,24H,2,10-11H2,1H3,(H,22,25);2*1-2H3. The SMILES string of the molecule is CC.CC.CCN1CC(c2ccc3c(c2)NC(=O)CO3)=C(C#N)c2ccc(O)cc21. The van der Waals surface area contributed by atoms with Crippen molar-refractivity contribution in [2.24, 2.45) is 0 Å². The third-order valence-electron chi connectivity index (χ3n) is 4.70. The third-order valence-corrected chi connectivity index (χ3v) is 4.70. The number of carbonyl (C=O) groups is 1. The minimum absolute atomic E-state index is 0.0129. The van der Waals surface area contributed by atoms with E-state index in [9.17, 15) is 15.2 Å². The minimum Gasteiger partial charge on any atom is -0.508 e. The number of nitrogens with zero attached hydrogens (tertiary/aromatic N) is 2. The van der Waals surface area contributed by atoms with Crippen molar-refractivity contribution in [3.05, 3.63) is 47.5 Å². The topological polar surface area (TPSA) is 85.6 Å². The Morgan fingerprint density at radius 1 is 1.17 bits per heavy atom. The van der Waals surface area contributed by atoms with Gasteiger partial charge in [0, 0.05) is 30.4 Å². The van der Waals surface area contributed by atoms with Crippen LogP contribution in [0.4, 0.5) is 11.4 Å². The monoisotopic (exact) mass is 407 g/mol. The van der Waals surface area contributed by atoms with Gasteiger partial charge in [-0.15, -0.1) is 0 Å². The molecule has 4 rings (SSSR count). The number of nitriles is 1. The molecule has 158 valence electrons. The summed E-state index contributed by atoms with van der Waals surface area (Å²) in [6.45, 7) is 11.3. The maximum Gasteiger partial charge on any atom is 0.262 e. The molecule has 0 atom stereocenters. The van der Waals surface area contributed by atoms with E-state index in [1.807, 2.05) is 52.8 Å². The van der Waals surface area contributed by atoms with E-state index in [0.717, 1.165) is 28.9 Å². The van der Waals surface area contributed by atoms with Crippen LogP contribution in [0.25, 0.3) is 11.1 Å². The predicted octanol–water partition coefficient (Wildman–Crippen LogP) is 5.05. The number of amides is 1. The van der Waals surface area contributed by atoms with Crippen LogP contribution >= 0.6 is 0 Å². The van der Waals surface area contributed by atoms with Crippen LogP contribution in [0.1, 0.15) is 45.7 Å². The number of ether oxygens (including phenoxy) is 1. The number of nitrogens with one attached hydrogen (secondary N) is 1. The number of rotatable bonds is 2. The van der Waals surface area contributed by atoms with Gasteiger partial charge in [-0.25, -0.2) is 0 Å². The van der Waals surface area contributed by atoms with Crippen LogP contribution in [-0.2, 0) is 4.79 Å². The molecule has 0 aliphatic carbocycles. The predicted molar refractivity (Wildman–Crippen MR) is 122 cm³/mol. The Bertz CT molecular complexity index is 990. The molecule has 0 saturated heterocycles. The lowest BCUT2D eigenvalue weighted by atomic mass is 9.89. The van der Waals surface area contributed by atoms with Crippen LogP contribution in [0.2, 0.25) is 0 Å². The number of carbonyl (C=O) groups excluding carboxylic acids is 1. The van der Waals surface area contributed by atoms with Gasteiger partial charge in [0.15, 0.2) is 6.61 Å². The van der Waals surface area contributed by atoms with Crippen molar-refractivity contribution in [2.75, 3.05) is 29.9 Å². The first-order valence-corrected chi connectivity index (χ1v) is 10.4. The second-order valence-corrected chi connectivity index (χ2v) is 6.23. The second-order valence-electron chi connectivity index (χ2n) is 6.23. The van der Waals surface area contributed by atoms with Crippen LogP contribution in [0, 0.1) is 11.3 Å². The number of fused-ring (bicyclic) bond motifs is 2. The summed E-state index contributed by atoms with van der Waals surface area (Å²) in [5.41, 5.74) is 4.59. The van der Waals surface area contributed by atoms with Crippen molar-refractivity contribution in [3.8, 4) is 17.6 Å². The van der Waals surface area contributed by atoms with Crippen molar-refractivity contribution in [1.29, 1.82) is 5.26 Å². The molecule has 0 saturated carbocycles. The van der Waals surface area contributed by atoms with Gasteiger partial charge >= 0.3 is 0 Å². The average molecular weight is 408 g/mol. The third kappa shape index (κ3) is 4.41. The molecule has 0 bridgehead atoms. The molecule has 0 radical (unpaired) electrons. The van der Waals surface area contributed by atoms with Crippen molar-refractivity contribution in [1.82, 2.24) is 0 Å². The molecule has 2 aromatic carbocycles. The molecule has 6 heteroatoms. The summed E-state index contributed by atoms with van der Waals surface area (Å²) in [6, 6.07) is 12.9. The van der Waals surface area contributed by atoms with Gasteiger partial charge in [0.05, 0.1) is 11.3 Å². The molecule has 6 nitrogen and oxygen atoms in total. The Labute approximate surface area is 178 Å². The van der Waals surface area contributed by atoms with Gasteiger partial charge in [-0.05, 0) is 42.3 Å². The van der Waals surface area contributed by atoms with Gasteiger partial charge in [0.1, 0.15) is 17.6 Å². The van der Waals surface area contributed by atoms with E-state index in [4.69, 9.17) is 4.74 Å². The first-order valence-electron chi connectivity index (χ1n) is 10.4.